The van der Waals surface area contributed by atoms with Gasteiger partial charge in [0.05, 0.1) is 18.2 Å². The second-order valence-electron chi connectivity index (χ2n) is 5.71. The van der Waals surface area contributed by atoms with Crippen LogP contribution in [0.5, 0.6) is 0 Å². The number of hydrogen-bond acceptors (Lipinski definition) is 4. The van der Waals surface area contributed by atoms with Gasteiger partial charge in [0.15, 0.2) is 0 Å². The zero-order valence-electron chi connectivity index (χ0n) is 10.8. The summed E-state index contributed by atoms with van der Waals surface area (Å²) in [5.41, 5.74) is 0. The van der Waals surface area contributed by atoms with E-state index >= 15 is 0 Å². The van der Waals surface area contributed by atoms with E-state index in [0.717, 1.165) is 32.1 Å². The van der Waals surface area contributed by atoms with Gasteiger partial charge in [-0.1, -0.05) is 0 Å². The van der Waals surface area contributed by atoms with Crippen molar-refractivity contribution in [2.75, 3.05) is 6.54 Å². The quantitative estimate of drug-likeness (QED) is 0.732. The molecule has 1 aliphatic carbocycles. The van der Waals surface area contributed by atoms with Crippen LogP contribution in [0.4, 0.5) is 0 Å². The van der Waals surface area contributed by atoms with E-state index in [1.807, 2.05) is 0 Å². The van der Waals surface area contributed by atoms with Crippen LogP contribution in [0.15, 0.2) is 0 Å². The molecular formula is C13H20ClN3O2. The summed E-state index contributed by atoms with van der Waals surface area (Å²) in [6.45, 7) is 0.704. The molecule has 5 nitrogen and oxygen atoms in total. The third kappa shape index (κ3) is 2.45. The fourth-order valence-corrected chi connectivity index (χ4v) is 3.65. The van der Waals surface area contributed by atoms with E-state index in [1.54, 1.807) is 4.90 Å². The molecule has 6 heteroatoms. The first-order chi connectivity index (χ1) is 8.70. The Morgan fingerprint density at radius 2 is 2.16 bits per heavy atom. The zero-order chi connectivity index (χ0) is 12.7. The standard InChI is InChI=1S/C13H19N3O2.ClH/c14-7-9-2-1-5-16(9)13(18)12-8-3-4-11(17)10(6-8)15-12;/h8-12,15,17H,1-6H2;1H/t8-,9-,10-,11+,12+;/m0./s1. The maximum Gasteiger partial charge on any atom is 0.241 e. The van der Waals surface area contributed by atoms with Gasteiger partial charge in [-0.25, -0.2) is 0 Å². The average molecular weight is 286 g/mol. The minimum absolute atomic E-state index is 0. The Morgan fingerprint density at radius 3 is 2.84 bits per heavy atom. The van der Waals surface area contributed by atoms with Crippen LogP contribution in [0, 0.1) is 17.2 Å². The smallest absolute Gasteiger partial charge is 0.241 e. The number of likely N-dealkylation sites (tertiary alicyclic amines) is 1. The molecule has 106 valence electrons. The second-order valence-corrected chi connectivity index (χ2v) is 5.71. The number of amides is 1. The Morgan fingerprint density at radius 1 is 1.37 bits per heavy atom. The molecule has 5 atom stereocenters. The predicted octanol–water partition coefficient (Wildman–Crippen LogP) is 0.424. The van der Waals surface area contributed by atoms with Crippen molar-refractivity contribution in [3.05, 3.63) is 0 Å². The van der Waals surface area contributed by atoms with E-state index in [-0.39, 0.29) is 42.5 Å². The monoisotopic (exact) mass is 285 g/mol. The minimum Gasteiger partial charge on any atom is -0.392 e. The summed E-state index contributed by atoms with van der Waals surface area (Å²) in [7, 11) is 0. The number of fused-ring (bicyclic) bond motifs is 2. The van der Waals surface area contributed by atoms with Gasteiger partial charge < -0.3 is 15.3 Å². The van der Waals surface area contributed by atoms with E-state index in [0.29, 0.717) is 12.5 Å². The van der Waals surface area contributed by atoms with Gasteiger partial charge in [0, 0.05) is 12.6 Å². The van der Waals surface area contributed by atoms with E-state index in [2.05, 4.69) is 11.4 Å². The molecule has 0 radical (unpaired) electrons. The molecule has 3 fully saturated rings. The number of halogens is 1. The van der Waals surface area contributed by atoms with Crippen LogP contribution in [0.2, 0.25) is 0 Å². The number of carbonyl (C=O) groups is 1. The fraction of sp³-hybridized carbons (Fsp3) is 0.846. The molecule has 0 spiro atoms. The number of nitriles is 1. The summed E-state index contributed by atoms with van der Waals surface area (Å²) in [6, 6.07) is 1.86. The largest absolute Gasteiger partial charge is 0.392 e. The molecule has 1 amide bonds. The summed E-state index contributed by atoms with van der Waals surface area (Å²) >= 11 is 0. The lowest BCUT2D eigenvalue weighted by atomic mass is 9.85. The molecule has 3 aliphatic rings. The van der Waals surface area contributed by atoms with Crippen molar-refractivity contribution in [3.8, 4) is 6.07 Å². The van der Waals surface area contributed by atoms with Gasteiger partial charge in [0.1, 0.15) is 6.04 Å². The summed E-state index contributed by atoms with van der Waals surface area (Å²) in [6.07, 6.45) is 3.99. The van der Waals surface area contributed by atoms with Crippen LogP contribution in [-0.2, 0) is 4.79 Å². The highest BCUT2D eigenvalue weighted by Gasteiger charge is 2.46. The van der Waals surface area contributed by atoms with Crippen LogP contribution >= 0.6 is 12.4 Å². The molecule has 1 saturated carbocycles. The first-order valence-corrected chi connectivity index (χ1v) is 6.85. The third-order valence-corrected chi connectivity index (χ3v) is 4.67. The summed E-state index contributed by atoms with van der Waals surface area (Å²) in [4.78, 5) is 14.2. The molecule has 0 aromatic heterocycles. The minimum atomic E-state index is -0.315. The van der Waals surface area contributed by atoms with Gasteiger partial charge in [-0.3, -0.25) is 4.79 Å². The Kier molecular flexibility index (Phi) is 4.34. The Bertz CT molecular complexity index is 398. The highest BCUT2D eigenvalue weighted by molar-refractivity contribution is 5.85. The van der Waals surface area contributed by atoms with Gasteiger partial charge in [-0.15, -0.1) is 12.4 Å². The molecule has 0 aromatic rings. The highest BCUT2D eigenvalue weighted by atomic mass is 35.5. The van der Waals surface area contributed by atoms with Gasteiger partial charge in [0.2, 0.25) is 5.91 Å². The maximum absolute atomic E-state index is 12.5. The topological polar surface area (TPSA) is 76.4 Å². The number of rotatable bonds is 1. The van der Waals surface area contributed by atoms with E-state index in [4.69, 9.17) is 5.26 Å². The molecule has 2 heterocycles. The maximum atomic E-state index is 12.5. The Hall–Kier alpha value is -0.830. The molecule has 19 heavy (non-hydrogen) atoms. The van der Waals surface area contributed by atoms with E-state index in [9.17, 15) is 9.90 Å². The Balaban J connectivity index is 0.00000133. The van der Waals surface area contributed by atoms with Crippen molar-refractivity contribution in [3.63, 3.8) is 0 Å². The Labute approximate surface area is 119 Å². The summed E-state index contributed by atoms with van der Waals surface area (Å²) < 4.78 is 0. The van der Waals surface area contributed by atoms with Crippen LogP contribution in [0.1, 0.15) is 32.1 Å². The molecule has 2 aliphatic heterocycles. The van der Waals surface area contributed by atoms with Crippen molar-refractivity contribution in [2.45, 2.75) is 56.3 Å². The number of nitrogens with zero attached hydrogens (tertiary/aromatic N) is 2. The number of nitrogens with one attached hydrogen (secondary N) is 1. The van der Waals surface area contributed by atoms with Crippen LogP contribution in [0.3, 0.4) is 0 Å². The SMILES string of the molecule is Cl.N#C[C@@H]1CCCN1C(=O)[C@@H]1N[C@H]2C[C@@H]1CC[C@H]2O. The van der Waals surface area contributed by atoms with Crippen molar-refractivity contribution < 1.29 is 9.90 Å². The van der Waals surface area contributed by atoms with Crippen molar-refractivity contribution in [1.82, 2.24) is 10.2 Å². The first kappa shape index (κ1) is 14.6. The van der Waals surface area contributed by atoms with Crippen molar-refractivity contribution in [1.29, 1.82) is 5.26 Å². The molecule has 2 N–H and O–H groups in total. The molecule has 0 aromatic carbocycles. The molecule has 0 unspecified atom stereocenters. The third-order valence-electron chi connectivity index (χ3n) is 4.67. The summed E-state index contributed by atoms with van der Waals surface area (Å²) in [5, 5.41) is 22.1. The lowest BCUT2D eigenvalue weighted by Gasteiger charge is -2.26. The van der Waals surface area contributed by atoms with Gasteiger partial charge in [-0.2, -0.15) is 5.26 Å². The van der Waals surface area contributed by atoms with Gasteiger partial charge in [-0.05, 0) is 38.0 Å². The van der Waals surface area contributed by atoms with Gasteiger partial charge in [0.25, 0.3) is 0 Å². The molecule has 2 bridgehead atoms. The summed E-state index contributed by atoms with van der Waals surface area (Å²) in [5.74, 6) is 0.409. The number of aliphatic hydroxyl groups excluding tert-OH is 1. The lowest BCUT2D eigenvalue weighted by Crippen LogP contribution is -2.49. The van der Waals surface area contributed by atoms with E-state index in [1.165, 1.54) is 0 Å². The lowest BCUT2D eigenvalue weighted by molar-refractivity contribution is -0.134. The van der Waals surface area contributed by atoms with Crippen LogP contribution in [-0.4, -0.2) is 46.7 Å². The molecular weight excluding hydrogens is 266 g/mol. The predicted molar refractivity (Wildman–Crippen MR) is 71.7 cm³/mol. The normalized spacial score (nSPS) is 40.6. The average Bonchev–Trinajstić information content (AvgIpc) is 2.98. The fourth-order valence-electron chi connectivity index (χ4n) is 3.65. The number of aliphatic hydroxyl groups is 1. The van der Waals surface area contributed by atoms with Crippen molar-refractivity contribution >= 4 is 18.3 Å². The number of carbonyl (C=O) groups excluding carboxylic acids is 1. The molecule has 3 rings (SSSR count). The van der Waals surface area contributed by atoms with Crippen molar-refractivity contribution in [2.24, 2.45) is 5.92 Å². The number of hydrogen-bond donors (Lipinski definition) is 2. The van der Waals surface area contributed by atoms with Gasteiger partial charge >= 0.3 is 0 Å². The zero-order valence-corrected chi connectivity index (χ0v) is 11.6. The molecule has 2 saturated heterocycles. The van der Waals surface area contributed by atoms with Crippen LogP contribution < -0.4 is 5.32 Å². The highest BCUT2D eigenvalue weighted by Crippen LogP contribution is 2.35. The van der Waals surface area contributed by atoms with Crippen LogP contribution in [0.25, 0.3) is 0 Å². The second kappa shape index (κ2) is 5.66. The van der Waals surface area contributed by atoms with E-state index < -0.39 is 0 Å². The first-order valence-electron chi connectivity index (χ1n) is 6.85.